The van der Waals surface area contributed by atoms with Crippen LogP contribution in [0.1, 0.15) is 20.8 Å². The molecule has 0 spiro atoms. The van der Waals surface area contributed by atoms with Crippen molar-refractivity contribution in [2.24, 2.45) is 0 Å². The van der Waals surface area contributed by atoms with Crippen LogP contribution in [0, 0.1) is 0 Å². The molecule has 0 aromatic carbocycles. The highest BCUT2D eigenvalue weighted by molar-refractivity contribution is 6.54. The Morgan fingerprint density at radius 2 is 2.17 bits per heavy atom. The lowest BCUT2D eigenvalue weighted by molar-refractivity contribution is -0.126. The number of hydrogen-bond donors (Lipinski definition) is 3. The van der Waals surface area contributed by atoms with Gasteiger partial charge in [0.15, 0.2) is 9.04 Å². The molecule has 0 aromatic rings. The number of hydrogen-bond acceptors (Lipinski definition) is 4. The molecule has 1 unspecified atom stereocenters. The molecule has 1 amide bonds. The van der Waals surface area contributed by atoms with Crippen LogP contribution in [0.3, 0.4) is 0 Å². The smallest absolute Gasteiger partial charge is 0.239 e. The molecule has 0 aliphatic carbocycles. The number of amides is 1. The molecule has 0 saturated carbocycles. The number of ether oxygens (including phenoxy) is 1. The molecule has 0 heterocycles. The van der Waals surface area contributed by atoms with Crippen molar-refractivity contribution in [2.45, 2.75) is 32.9 Å². The lowest BCUT2D eigenvalue weighted by Crippen LogP contribution is -2.53. The predicted molar refractivity (Wildman–Crippen MR) is 76.0 cm³/mol. The van der Waals surface area contributed by atoms with Gasteiger partial charge in [0.05, 0.1) is 12.1 Å². The lowest BCUT2D eigenvalue weighted by atomic mass is 10.0. The van der Waals surface area contributed by atoms with Crippen LogP contribution in [0.5, 0.6) is 0 Å². The molecule has 1 atom stereocenters. The monoisotopic (exact) mass is 274 g/mol. The number of carbonyl (C=O) groups is 1. The molecular weight excluding hydrogens is 248 g/mol. The summed E-state index contributed by atoms with van der Waals surface area (Å²) in [6, 6.07) is 0. The summed E-state index contributed by atoms with van der Waals surface area (Å²) >= 11 is 0. The minimum Gasteiger partial charge on any atom is -0.431 e. The Balaban J connectivity index is 3.91. The normalized spacial score (nSPS) is 13.8. The van der Waals surface area contributed by atoms with Crippen molar-refractivity contribution in [3.05, 3.63) is 11.8 Å². The molecule has 0 fully saturated rings. The van der Waals surface area contributed by atoms with Crippen LogP contribution in [0.15, 0.2) is 11.8 Å². The first kappa shape index (κ1) is 17.3. The van der Waals surface area contributed by atoms with Crippen molar-refractivity contribution in [2.75, 3.05) is 26.3 Å². The lowest BCUT2D eigenvalue weighted by Gasteiger charge is -2.24. The van der Waals surface area contributed by atoms with E-state index in [9.17, 15) is 9.59 Å². The van der Waals surface area contributed by atoms with Gasteiger partial charge in [0.2, 0.25) is 5.91 Å². The molecule has 3 N–H and O–H groups in total. The number of nitrogens with one attached hydrogen (secondary N) is 2. The third-order valence-corrected chi connectivity index (χ3v) is 3.21. The van der Waals surface area contributed by atoms with Crippen LogP contribution in [-0.4, -0.2) is 51.6 Å². The second kappa shape index (κ2) is 9.27. The Bertz CT molecular complexity index is 268. The van der Waals surface area contributed by atoms with E-state index in [1.54, 1.807) is 0 Å². The van der Waals surface area contributed by atoms with Gasteiger partial charge in [-0.2, -0.15) is 0 Å². The van der Waals surface area contributed by atoms with Gasteiger partial charge in [-0.3, -0.25) is 4.79 Å². The van der Waals surface area contributed by atoms with E-state index in [-0.39, 0.29) is 5.91 Å². The largest absolute Gasteiger partial charge is 0.431 e. The third kappa shape index (κ3) is 8.41. The Hall–Kier alpha value is -0.693. The molecule has 0 saturated heterocycles. The van der Waals surface area contributed by atoms with E-state index < -0.39 is 14.6 Å². The van der Waals surface area contributed by atoms with Gasteiger partial charge in [0.25, 0.3) is 0 Å². The van der Waals surface area contributed by atoms with Crippen LogP contribution in [0.2, 0.25) is 6.55 Å². The van der Waals surface area contributed by atoms with Gasteiger partial charge in [-0.1, -0.05) is 11.8 Å². The summed E-state index contributed by atoms with van der Waals surface area (Å²) < 4.78 is 5.15. The van der Waals surface area contributed by atoms with Gasteiger partial charge in [-0.15, -0.1) is 0 Å². The highest BCUT2D eigenvalue weighted by atomic mass is 28.3. The molecule has 5 nitrogen and oxygen atoms in total. The maximum atomic E-state index is 11.9. The first-order valence-electron chi connectivity index (χ1n) is 6.36. The standard InChI is InChI=1S/C12H26N2O3Si/c1-5-17-9-8-13-11(15)12(2,3)14-7-6-10-18(4)16/h6,10,14,16,18H,5,7-9H2,1-4H3,(H,13,15)/b10-6+. The zero-order valence-corrected chi connectivity index (χ0v) is 13.0. The van der Waals surface area contributed by atoms with E-state index in [1.165, 1.54) is 0 Å². The van der Waals surface area contributed by atoms with E-state index in [2.05, 4.69) is 10.6 Å². The van der Waals surface area contributed by atoms with Crippen molar-refractivity contribution in [3.63, 3.8) is 0 Å². The summed E-state index contributed by atoms with van der Waals surface area (Å²) in [5, 5.41) is 5.94. The average Bonchev–Trinajstić information content (AvgIpc) is 2.30. The SMILES string of the molecule is CCOCCNC(=O)C(C)(C)NC/C=C/[SiH](C)O. The highest BCUT2D eigenvalue weighted by Crippen LogP contribution is 2.01. The first-order valence-corrected chi connectivity index (χ1v) is 8.69. The van der Waals surface area contributed by atoms with E-state index in [0.717, 1.165) is 0 Å². The Morgan fingerprint density at radius 1 is 1.50 bits per heavy atom. The molecule has 0 bridgehead atoms. The summed E-state index contributed by atoms with van der Waals surface area (Å²) in [7, 11) is -1.64. The summed E-state index contributed by atoms with van der Waals surface area (Å²) in [4.78, 5) is 21.1. The van der Waals surface area contributed by atoms with Crippen molar-refractivity contribution >= 4 is 14.9 Å². The molecule has 0 rings (SSSR count). The number of carbonyl (C=O) groups excluding carboxylic acids is 1. The Kier molecular flexibility index (Phi) is 8.91. The molecule has 0 radical (unpaired) electrons. The minimum absolute atomic E-state index is 0.0510. The molecule has 0 aliphatic heterocycles. The average molecular weight is 274 g/mol. The first-order chi connectivity index (χ1) is 8.40. The van der Waals surface area contributed by atoms with E-state index >= 15 is 0 Å². The maximum Gasteiger partial charge on any atom is 0.239 e. The van der Waals surface area contributed by atoms with Gasteiger partial charge in [-0.05, 0) is 27.3 Å². The van der Waals surface area contributed by atoms with Crippen molar-refractivity contribution in [1.82, 2.24) is 10.6 Å². The highest BCUT2D eigenvalue weighted by Gasteiger charge is 2.25. The van der Waals surface area contributed by atoms with Crippen molar-refractivity contribution < 1.29 is 14.3 Å². The fourth-order valence-corrected chi connectivity index (χ4v) is 1.79. The van der Waals surface area contributed by atoms with E-state index in [0.29, 0.717) is 26.3 Å². The van der Waals surface area contributed by atoms with Crippen LogP contribution in [0.4, 0.5) is 0 Å². The Labute approximate surface area is 111 Å². The predicted octanol–water partition coefficient (Wildman–Crippen LogP) is -0.0514. The molecule has 18 heavy (non-hydrogen) atoms. The van der Waals surface area contributed by atoms with Gasteiger partial charge in [-0.25, -0.2) is 0 Å². The molecule has 0 aromatic heterocycles. The summed E-state index contributed by atoms with van der Waals surface area (Å²) in [5.74, 6) is -0.0510. The van der Waals surface area contributed by atoms with Gasteiger partial charge in [0, 0.05) is 19.7 Å². The molecular formula is C12H26N2O3Si. The fourth-order valence-electron chi connectivity index (χ4n) is 1.26. The van der Waals surface area contributed by atoms with Crippen LogP contribution >= 0.6 is 0 Å². The quantitative estimate of drug-likeness (QED) is 0.407. The van der Waals surface area contributed by atoms with E-state index in [1.807, 2.05) is 39.1 Å². The fraction of sp³-hybridized carbons (Fsp3) is 0.750. The summed E-state index contributed by atoms with van der Waals surface area (Å²) in [6.07, 6.45) is 1.87. The molecule has 6 heteroatoms. The number of rotatable bonds is 9. The molecule has 0 aliphatic rings. The second-order valence-electron chi connectivity index (χ2n) is 4.63. The topological polar surface area (TPSA) is 70.6 Å². The zero-order valence-electron chi connectivity index (χ0n) is 11.8. The van der Waals surface area contributed by atoms with E-state index in [4.69, 9.17) is 4.74 Å². The molecule has 106 valence electrons. The van der Waals surface area contributed by atoms with Gasteiger partial charge in [0.1, 0.15) is 0 Å². The van der Waals surface area contributed by atoms with Crippen molar-refractivity contribution in [1.29, 1.82) is 0 Å². The summed E-state index contributed by atoms with van der Waals surface area (Å²) in [6.45, 7) is 9.69. The maximum absolute atomic E-state index is 11.9. The Morgan fingerprint density at radius 3 is 2.72 bits per heavy atom. The zero-order chi connectivity index (χ0) is 14.0. The minimum atomic E-state index is -1.64. The van der Waals surface area contributed by atoms with Crippen molar-refractivity contribution in [3.8, 4) is 0 Å². The van der Waals surface area contributed by atoms with Crippen LogP contribution in [-0.2, 0) is 9.53 Å². The van der Waals surface area contributed by atoms with Crippen LogP contribution in [0.25, 0.3) is 0 Å². The van der Waals surface area contributed by atoms with Crippen LogP contribution < -0.4 is 10.6 Å². The second-order valence-corrected chi connectivity index (χ2v) is 6.49. The summed E-state index contributed by atoms with van der Waals surface area (Å²) in [5.41, 5.74) is 1.19. The third-order valence-electron chi connectivity index (χ3n) is 2.38. The van der Waals surface area contributed by atoms with Gasteiger partial charge >= 0.3 is 0 Å². The van der Waals surface area contributed by atoms with Gasteiger partial charge < -0.3 is 20.2 Å².